The standard InChI is InChI=1S/C12H13BrF2O3/c1-3-17-10-6-8(11(13)7(2)16)4-5-9(10)18-12(14)15/h4-6,11-12H,3H2,1-2H3. The summed E-state index contributed by atoms with van der Waals surface area (Å²) in [4.78, 5) is 10.7. The molecule has 0 saturated heterocycles. The average Bonchev–Trinajstić information content (AvgIpc) is 2.30. The second-order valence-electron chi connectivity index (χ2n) is 3.49. The highest BCUT2D eigenvalue weighted by Gasteiger charge is 2.17. The Bertz CT molecular complexity index is 424. The lowest BCUT2D eigenvalue weighted by molar-refractivity contribution is -0.116. The van der Waals surface area contributed by atoms with Crippen molar-refractivity contribution in [3.05, 3.63) is 23.8 Å². The van der Waals surface area contributed by atoms with Crippen LogP contribution >= 0.6 is 15.9 Å². The predicted molar refractivity (Wildman–Crippen MR) is 66.6 cm³/mol. The third-order valence-corrected chi connectivity index (χ3v) is 3.31. The Morgan fingerprint density at radius 2 is 2.06 bits per heavy atom. The highest BCUT2D eigenvalue weighted by Crippen LogP contribution is 2.34. The van der Waals surface area contributed by atoms with Crippen LogP contribution in [0.3, 0.4) is 0 Å². The van der Waals surface area contributed by atoms with Crippen LogP contribution in [0.25, 0.3) is 0 Å². The lowest BCUT2D eigenvalue weighted by Gasteiger charge is -2.14. The van der Waals surface area contributed by atoms with Crippen molar-refractivity contribution in [2.75, 3.05) is 6.61 Å². The summed E-state index contributed by atoms with van der Waals surface area (Å²) in [6.07, 6.45) is 0. The minimum absolute atomic E-state index is 0.0427. The maximum absolute atomic E-state index is 12.2. The molecule has 100 valence electrons. The summed E-state index contributed by atoms with van der Waals surface area (Å²) in [5.41, 5.74) is 0.632. The summed E-state index contributed by atoms with van der Waals surface area (Å²) in [7, 11) is 0. The van der Waals surface area contributed by atoms with Crippen molar-refractivity contribution in [2.45, 2.75) is 25.3 Å². The minimum Gasteiger partial charge on any atom is -0.490 e. The zero-order chi connectivity index (χ0) is 13.7. The van der Waals surface area contributed by atoms with E-state index in [4.69, 9.17) is 4.74 Å². The van der Waals surface area contributed by atoms with Crippen molar-refractivity contribution in [2.24, 2.45) is 0 Å². The molecule has 0 spiro atoms. The van der Waals surface area contributed by atoms with Crippen molar-refractivity contribution in [1.82, 2.24) is 0 Å². The summed E-state index contributed by atoms with van der Waals surface area (Å²) in [6.45, 7) is 0.567. The zero-order valence-corrected chi connectivity index (χ0v) is 11.5. The van der Waals surface area contributed by atoms with E-state index in [-0.39, 0.29) is 17.3 Å². The van der Waals surface area contributed by atoms with Gasteiger partial charge < -0.3 is 9.47 Å². The summed E-state index contributed by atoms with van der Waals surface area (Å²) < 4.78 is 33.9. The maximum atomic E-state index is 12.2. The molecule has 3 nitrogen and oxygen atoms in total. The molecule has 0 fully saturated rings. The van der Waals surface area contributed by atoms with Gasteiger partial charge in [0.05, 0.1) is 11.4 Å². The summed E-state index contributed by atoms with van der Waals surface area (Å²) in [6, 6.07) is 4.42. The third kappa shape index (κ3) is 3.94. The predicted octanol–water partition coefficient (Wildman–Crippen LogP) is 3.71. The second-order valence-corrected chi connectivity index (χ2v) is 4.41. The fourth-order valence-electron chi connectivity index (χ4n) is 1.38. The van der Waals surface area contributed by atoms with Crippen molar-refractivity contribution < 1.29 is 23.0 Å². The number of carbonyl (C=O) groups excluding carboxylic acids is 1. The van der Waals surface area contributed by atoms with E-state index in [1.165, 1.54) is 19.1 Å². The van der Waals surface area contributed by atoms with Gasteiger partial charge in [-0.05, 0) is 31.5 Å². The lowest BCUT2D eigenvalue weighted by Crippen LogP contribution is -2.06. The monoisotopic (exact) mass is 322 g/mol. The number of hydrogen-bond acceptors (Lipinski definition) is 3. The molecule has 1 aromatic rings. The first-order chi connectivity index (χ1) is 8.45. The van der Waals surface area contributed by atoms with Crippen LogP contribution in [0.15, 0.2) is 18.2 Å². The second kappa shape index (κ2) is 6.68. The number of ketones is 1. The number of ether oxygens (including phenoxy) is 2. The number of carbonyl (C=O) groups is 1. The van der Waals surface area contributed by atoms with Crippen LogP contribution in [-0.2, 0) is 4.79 Å². The molecule has 0 N–H and O–H groups in total. The van der Waals surface area contributed by atoms with Gasteiger partial charge in [-0.2, -0.15) is 8.78 Å². The van der Waals surface area contributed by atoms with Crippen LogP contribution in [0.4, 0.5) is 8.78 Å². The van der Waals surface area contributed by atoms with Gasteiger partial charge in [0.25, 0.3) is 0 Å². The number of rotatable bonds is 6. The van der Waals surface area contributed by atoms with Crippen molar-refractivity contribution in [3.8, 4) is 11.5 Å². The zero-order valence-electron chi connectivity index (χ0n) is 9.95. The molecular weight excluding hydrogens is 310 g/mol. The third-order valence-electron chi connectivity index (χ3n) is 2.13. The van der Waals surface area contributed by atoms with Crippen LogP contribution in [-0.4, -0.2) is 19.0 Å². The molecule has 1 atom stereocenters. The Morgan fingerprint density at radius 3 is 2.56 bits per heavy atom. The topological polar surface area (TPSA) is 35.5 Å². The van der Waals surface area contributed by atoms with Crippen LogP contribution < -0.4 is 9.47 Å². The summed E-state index contributed by atoms with van der Waals surface area (Å²) in [5, 5.41) is 0. The largest absolute Gasteiger partial charge is 0.490 e. The fourth-order valence-corrected chi connectivity index (χ4v) is 1.66. The van der Waals surface area contributed by atoms with Gasteiger partial charge in [0.2, 0.25) is 0 Å². The van der Waals surface area contributed by atoms with Gasteiger partial charge in [0.1, 0.15) is 5.78 Å². The summed E-state index contributed by atoms with van der Waals surface area (Å²) >= 11 is 3.22. The SMILES string of the molecule is CCOc1cc(C(Br)C(C)=O)ccc1OC(F)F. The highest BCUT2D eigenvalue weighted by atomic mass is 79.9. The molecule has 0 heterocycles. The smallest absolute Gasteiger partial charge is 0.387 e. The first-order valence-electron chi connectivity index (χ1n) is 5.31. The van der Waals surface area contributed by atoms with E-state index in [9.17, 15) is 13.6 Å². The molecule has 0 aliphatic heterocycles. The van der Waals surface area contributed by atoms with Gasteiger partial charge in [-0.15, -0.1) is 0 Å². The van der Waals surface area contributed by atoms with Gasteiger partial charge in [-0.3, -0.25) is 4.79 Å². The Morgan fingerprint density at radius 1 is 1.39 bits per heavy atom. The molecule has 1 unspecified atom stereocenters. The fraction of sp³-hybridized carbons (Fsp3) is 0.417. The molecule has 0 radical (unpaired) electrons. The van der Waals surface area contributed by atoms with E-state index >= 15 is 0 Å². The lowest BCUT2D eigenvalue weighted by atomic mass is 10.1. The molecule has 0 saturated carbocycles. The van der Waals surface area contributed by atoms with E-state index in [2.05, 4.69) is 20.7 Å². The first-order valence-corrected chi connectivity index (χ1v) is 6.23. The van der Waals surface area contributed by atoms with E-state index in [1.54, 1.807) is 13.0 Å². The molecule has 1 rings (SSSR count). The molecular formula is C12H13BrF2O3. The maximum Gasteiger partial charge on any atom is 0.387 e. The van der Waals surface area contributed by atoms with Gasteiger partial charge in [-0.25, -0.2) is 0 Å². The molecule has 0 amide bonds. The average molecular weight is 323 g/mol. The van der Waals surface area contributed by atoms with Crippen molar-refractivity contribution in [3.63, 3.8) is 0 Å². The van der Waals surface area contributed by atoms with Crippen LogP contribution in [0.5, 0.6) is 11.5 Å². The molecule has 6 heteroatoms. The van der Waals surface area contributed by atoms with Crippen LogP contribution in [0.1, 0.15) is 24.2 Å². The van der Waals surface area contributed by atoms with Crippen LogP contribution in [0, 0.1) is 0 Å². The van der Waals surface area contributed by atoms with Gasteiger partial charge >= 0.3 is 6.61 Å². The highest BCUT2D eigenvalue weighted by molar-refractivity contribution is 9.09. The number of halogens is 3. The van der Waals surface area contributed by atoms with Crippen LogP contribution in [0.2, 0.25) is 0 Å². The minimum atomic E-state index is -2.91. The molecule has 0 bridgehead atoms. The number of alkyl halides is 3. The summed E-state index contributed by atoms with van der Waals surface area (Å²) in [5.74, 6) is 0.0693. The van der Waals surface area contributed by atoms with Crippen molar-refractivity contribution >= 4 is 21.7 Å². The number of hydrogen-bond donors (Lipinski definition) is 0. The molecule has 0 aliphatic rings. The van der Waals surface area contributed by atoms with Crippen molar-refractivity contribution in [1.29, 1.82) is 0 Å². The number of Topliss-reactive ketones (excluding diaryl/α,β-unsaturated/α-hetero) is 1. The van der Waals surface area contributed by atoms with E-state index in [0.717, 1.165) is 0 Å². The van der Waals surface area contributed by atoms with E-state index in [0.29, 0.717) is 12.2 Å². The molecule has 18 heavy (non-hydrogen) atoms. The van der Waals surface area contributed by atoms with Gasteiger partial charge in [-0.1, -0.05) is 22.0 Å². The number of benzene rings is 1. The molecule has 1 aromatic carbocycles. The van der Waals surface area contributed by atoms with Gasteiger partial charge in [0, 0.05) is 0 Å². The van der Waals surface area contributed by atoms with E-state index < -0.39 is 11.4 Å². The Kier molecular flexibility index (Phi) is 5.53. The molecule has 0 aromatic heterocycles. The van der Waals surface area contributed by atoms with Gasteiger partial charge in [0.15, 0.2) is 11.5 Å². The normalized spacial score (nSPS) is 12.3. The Balaban J connectivity index is 3.05. The quantitative estimate of drug-likeness (QED) is 0.749. The molecule has 0 aliphatic carbocycles. The Labute approximate surface area is 112 Å². The Hall–Kier alpha value is -1.17. The first kappa shape index (κ1) is 14.9. The van der Waals surface area contributed by atoms with E-state index in [1.807, 2.05) is 0 Å².